The first-order valence-electron chi connectivity index (χ1n) is 10.2. The first-order valence-corrected chi connectivity index (χ1v) is 10.2. The Morgan fingerprint density at radius 1 is 0.897 bits per heavy atom. The van der Waals surface area contributed by atoms with E-state index in [9.17, 15) is 4.79 Å². The van der Waals surface area contributed by atoms with Gasteiger partial charge in [-0.2, -0.15) is 0 Å². The largest absolute Gasteiger partial charge is 0.323 e. The Morgan fingerprint density at radius 2 is 1.52 bits per heavy atom. The molecule has 0 N–H and O–H groups in total. The minimum Gasteiger partial charge on any atom is -0.323 e. The van der Waals surface area contributed by atoms with Crippen LogP contribution in [0.1, 0.15) is 41.3 Å². The molecule has 0 spiro atoms. The zero-order valence-corrected chi connectivity index (χ0v) is 17.0. The topological polar surface area (TPSA) is 49.3 Å². The van der Waals surface area contributed by atoms with Gasteiger partial charge >= 0.3 is 0 Å². The minimum atomic E-state index is -0.0608. The molecule has 2 aliphatic heterocycles. The first kappa shape index (κ1) is 17.9. The lowest BCUT2D eigenvalue weighted by Crippen LogP contribution is -2.36. The normalized spacial score (nSPS) is 20.0. The minimum absolute atomic E-state index is 0.0608. The molecule has 146 valence electrons. The summed E-state index contributed by atoms with van der Waals surface area (Å²) in [6.45, 7) is 6.14. The van der Waals surface area contributed by atoms with E-state index in [-0.39, 0.29) is 18.0 Å². The van der Waals surface area contributed by atoms with Crippen LogP contribution in [0.2, 0.25) is 0 Å². The van der Waals surface area contributed by atoms with Crippen LogP contribution in [0, 0.1) is 6.92 Å². The van der Waals surface area contributed by atoms with E-state index < -0.39 is 0 Å². The molecule has 3 aromatic rings. The third kappa shape index (κ3) is 2.89. The summed E-state index contributed by atoms with van der Waals surface area (Å²) < 4.78 is 0. The zero-order valence-electron chi connectivity index (χ0n) is 17.0. The number of fused-ring (bicyclic) bond motifs is 2. The summed E-state index contributed by atoms with van der Waals surface area (Å²) in [7, 11) is 0. The lowest BCUT2D eigenvalue weighted by atomic mass is 10.1. The van der Waals surface area contributed by atoms with Crippen molar-refractivity contribution in [2.75, 3.05) is 9.80 Å². The van der Waals surface area contributed by atoms with Crippen LogP contribution < -0.4 is 9.80 Å². The fraction of sp³-hybridized carbons (Fsp3) is 0.292. The summed E-state index contributed by atoms with van der Waals surface area (Å²) in [6, 6.07) is 18.8. The molecule has 2 unspecified atom stereocenters. The second-order valence-corrected chi connectivity index (χ2v) is 8.07. The number of benzene rings is 2. The number of nitrogens with zero attached hydrogens (tertiary/aromatic N) is 4. The number of carbonyl (C=O) groups excluding carboxylic acids is 1. The molecule has 3 heterocycles. The van der Waals surface area contributed by atoms with Crippen molar-refractivity contribution in [2.45, 2.75) is 45.7 Å². The van der Waals surface area contributed by atoms with Gasteiger partial charge in [0.1, 0.15) is 17.3 Å². The van der Waals surface area contributed by atoms with Gasteiger partial charge in [0.2, 0.25) is 0 Å². The number of hydrogen-bond donors (Lipinski definition) is 0. The number of carbonyl (C=O) groups is 1. The van der Waals surface area contributed by atoms with Gasteiger partial charge in [-0.1, -0.05) is 36.4 Å². The van der Waals surface area contributed by atoms with E-state index in [0.29, 0.717) is 11.5 Å². The Kier molecular flexibility index (Phi) is 4.12. The smallest absolute Gasteiger partial charge is 0.277 e. The van der Waals surface area contributed by atoms with Gasteiger partial charge in [0.15, 0.2) is 0 Å². The van der Waals surface area contributed by atoms with E-state index >= 15 is 0 Å². The predicted molar refractivity (Wildman–Crippen MR) is 115 cm³/mol. The van der Waals surface area contributed by atoms with Crippen molar-refractivity contribution in [1.82, 2.24) is 9.97 Å². The fourth-order valence-corrected chi connectivity index (χ4v) is 4.70. The van der Waals surface area contributed by atoms with Crippen LogP contribution in [-0.2, 0) is 12.8 Å². The molecule has 0 aliphatic carbocycles. The van der Waals surface area contributed by atoms with Crippen LogP contribution in [-0.4, -0.2) is 28.0 Å². The highest BCUT2D eigenvalue weighted by Gasteiger charge is 2.33. The number of para-hydroxylation sites is 2. The van der Waals surface area contributed by atoms with Gasteiger partial charge in [-0.3, -0.25) is 4.79 Å². The summed E-state index contributed by atoms with van der Waals surface area (Å²) in [5.74, 6) is 1.34. The summed E-state index contributed by atoms with van der Waals surface area (Å²) in [4.78, 5) is 26.8. The number of aromatic nitrogens is 2. The SMILES string of the molecule is Cc1nc(C(=O)N2c3ccccc3CC2C)cc(N2c3ccccc3CC2C)n1. The Morgan fingerprint density at radius 3 is 2.28 bits per heavy atom. The van der Waals surface area contributed by atoms with E-state index in [1.807, 2.05) is 42.2 Å². The van der Waals surface area contributed by atoms with Crippen molar-refractivity contribution in [3.8, 4) is 0 Å². The van der Waals surface area contributed by atoms with Gasteiger partial charge < -0.3 is 9.80 Å². The Hall–Kier alpha value is -3.21. The van der Waals surface area contributed by atoms with Gasteiger partial charge in [0.25, 0.3) is 5.91 Å². The van der Waals surface area contributed by atoms with Gasteiger partial charge in [-0.25, -0.2) is 9.97 Å². The molecule has 1 amide bonds. The van der Waals surface area contributed by atoms with E-state index in [1.165, 1.54) is 11.1 Å². The van der Waals surface area contributed by atoms with Gasteiger partial charge in [-0.15, -0.1) is 0 Å². The molecular formula is C24H24N4O. The molecule has 5 rings (SSSR count). The number of anilines is 3. The van der Waals surface area contributed by atoms with Crippen LogP contribution in [0.4, 0.5) is 17.2 Å². The zero-order chi connectivity index (χ0) is 20.1. The third-order valence-electron chi connectivity index (χ3n) is 5.92. The lowest BCUT2D eigenvalue weighted by Gasteiger charge is -2.26. The highest BCUT2D eigenvalue weighted by molar-refractivity contribution is 6.07. The molecular weight excluding hydrogens is 360 g/mol. The van der Waals surface area contributed by atoms with Crippen LogP contribution in [0.5, 0.6) is 0 Å². The average molecular weight is 384 g/mol. The number of amides is 1. The van der Waals surface area contributed by atoms with Gasteiger partial charge in [-0.05, 0) is 56.9 Å². The standard InChI is InChI=1S/C24H24N4O/c1-15-12-18-8-4-6-10-21(18)27(15)23-14-20(25-17(3)26-23)24(29)28-16(2)13-19-9-5-7-11-22(19)28/h4-11,14-16H,12-13H2,1-3H3. The summed E-state index contributed by atoms with van der Waals surface area (Å²) in [6.07, 6.45) is 1.84. The van der Waals surface area contributed by atoms with E-state index in [0.717, 1.165) is 30.0 Å². The van der Waals surface area contributed by atoms with Crippen molar-refractivity contribution >= 4 is 23.1 Å². The van der Waals surface area contributed by atoms with Crippen molar-refractivity contribution in [3.63, 3.8) is 0 Å². The van der Waals surface area contributed by atoms with Crippen LogP contribution in [0.25, 0.3) is 0 Å². The fourth-order valence-electron chi connectivity index (χ4n) is 4.70. The Labute approximate surface area is 171 Å². The molecule has 0 bridgehead atoms. The Bertz CT molecular complexity index is 1110. The van der Waals surface area contributed by atoms with Crippen LogP contribution in [0.3, 0.4) is 0 Å². The second-order valence-electron chi connectivity index (χ2n) is 8.07. The molecule has 5 nitrogen and oxygen atoms in total. The summed E-state index contributed by atoms with van der Waals surface area (Å²) in [5, 5.41) is 0. The number of rotatable bonds is 2. The van der Waals surface area contributed by atoms with E-state index in [2.05, 4.69) is 53.0 Å². The highest BCUT2D eigenvalue weighted by atomic mass is 16.2. The van der Waals surface area contributed by atoms with Crippen molar-refractivity contribution < 1.29 is 4.79 Å². The van der Waals surface area contributed by atoms with E-state index in [4.69, 9.17) is 0 Å². The highest BCUT2D eigenvalue weighted by Crippen LogP contribution is 2.38. The van der Waals surface area contributed by atoms with E-state index in [1.54, 1.807) is 0 Å². The second kappa shape index (κ2) is 6.69. The first-order chi connectivity index (χ1) is 14.0. The van der Waals surface area contributed by atoms with Gasteiger partial charge in [0, 0.05) is 29.5 Å². The number of aryl methyl sites for hydroxylation is 1. The molecule has 29 heavy (non-hydrogen) atoms. The van der Waals surface area contributed by atoms with Crippen molar-refractivity contribution in [1.29, 1.82) is 0 Å². The molecule has 0 fully saturated rings. The quantitative estimate of drug-likeness (QED) is 0.655. The lowest BCUT2D eigenvalue weighted by molar-refractivity contribution is 0.0976. The molecule has 2 aliphatic rings. The third-order valence-corrected chi connectivity index (χ3v) is 5.92. The van der Waals surface area contributed by atoms with Crippen molar-refractivity contribution in [2.24, 2.45) is 0 Å². The molecule has 0 radical (unpaired) electrons. The molecule has 5 heteroatoms. The maximum Gasteiger partial charge on any atom is 0.277 e. The Balaban J connectivity index is 1.55. The maximum absolute atomic E-state index is 13.5. The van der Waals surface area contributed by atoms with Crippen LogP contribution >= 0.6 is 0 Å². The molecule has 1 aromatic heterocycles. The molecule has 2 aromatic carbocycles. The summed E-state index contributed by atoms with van der Waals surface area (Å²) >= 11 is 0. The van der Waals surface area contributed by atoms with Gasteiger partial charge in [0.05, 0.1) is 0 Å². The maximum atomic E-state index is 13.5. The monoisotopic (exact) mass is 384 g/mol. The summed E-state index contributed by atoms with van der Waals surface area (Å²) in [5.41, 5.74) is 5.12. The molecule has 0 saturated carbocycles. The number of hydrogen-bond acceptors (Lipinski definition) is 4. The van der Waals surface area contributed by atoms with Crippen LogP contribution in [0.15, 0.2) is 54.6 Å². The van der Waals surface area contributed by atoms with Crippen molar-refractivity contribution in [3.05, 3.63) is 77.2 Å². The molecule has 0 saturated heterocycles. The average Bonchev–Trinajstić information content (AvgIpc) is 3.22. The predicted octanol–water partition coefficient (Wildman–Crippen LogP) is 4.46. The molecule has 2 atom stereocenters.